The van der Waals surface area contributed by atoms with Gasteiger partial charge in [0.15, 0.2) is 23.5 Å². The van der Waals surface area contributed by atoms with Crippen molar-refractivity contribution in [3.05, 3.63) is 17.8 Å². The lowest BCUT2D eigenvalue weighted by Gasteiger charge is -2.10. The van der Waals surface area contributed by atoms with Gasteiger partial charge in [0.25, 0.3) is 5.91 Å². The molecule has 1 aromatic heterocycles. The Hall–Kier alpha value is -2.20. The Morgan fingerprint density at radius 1 is 1.50 bits per heavy atom. The third kappa shape index (κ3) is 3.17. The number of rotatable bonds is 7. The van der Waals surface area contributed by atoms with Crippen molar-refractivity contribution < 1.29 is 13.9 Å². The predicted molar refractivity (Wildman–Crippen MR) is 77.0 cm³/mol. The molecule has 3 heterocycles. The van der Waals surface area contributed by atoms with Crippen LogP contribution in [0, 0.1) is 12.3 Å². The Bertz CT molecular complexity index is 605. The molecule has 1 unspecified atom stereocenters. The second-order valence-electron chi connectivity index (χ2n) is 5.46. The van der Waals surface area contributed by atoms with Crippen LogP contribution in [0.4, 0.5) is 0 Å². The van der Waals surface area contributed by atoms with Gasteiger partial charge in [0.1, 0.15) is 6.10 Å². The van der Waals surface area contributed by atoms with Crippen LogP contribution < -0.4 is 5.32 Å². The molecule has 1 atom stereocenters. The van der Waals surface area contributed by atoms with Crippen molar-refractivity contribution in [1.29, 1.82) is 0 Å². The molecule has 0 radical (unpaired) electrons. The molecular weight excluding hydrogens is 284 g/mol. The Balaban J connectivity index is 1.50. The molecule has 0 aliphatic carbocycles. The molecular formula is C15H18N4O3. The SMILES string of the molecule is C#CCCC1(CCNC(=O)c2ncoc2C2CCCO2)N=N1. The van der Waals surface area contributed by atoms with Crippen molar-refractivity contribution >= 4 is 5.91 Å². The molecule has 0 saturated carbocycles. The predicted octanol–water partition coefficient (Wildman–Crippen LogP) is 2.22. The van der Waals surface area contributed by atoms with Crippen molar-refractivity contribution in [2.24, 2.45) is 10.2 Å². The highest BCUT2D eigenvalue weighted by molar-refractivity contribution is 5.93. The minimum absolute atomic E-state index is 0.168. The highest BCUT2D eigenvalue weighted by Crippen LogP contribution is 2.36. The Labute approximate surface area is 128 Å². The summed E-state index contributed by atoms with van der Waals surface area (Å²) in [6.07, 6.45) is 10.2. The fourth-order valence-electron chi connectivity index (χ4n) is 2.57. The zero-order valence-corrected chi connectivity index (χ0v) is 12.2. The Kier molecular flexibility index (Phi) is 4.20. The fraction of sp³-hybridized carbons (Fsp3) is 0.600. The van der Waals surface area contributed by atoms with Gasteiger partial charge in [0.2, 0.25) is 0 Å². The molecule has 2 aliphatic rings. The van der Waals surface area contributed by atoms with Crippen LogP contribution in [0.25, 0.3) is 0 Å². The van der Waals surface area contributed by atoms with Gasteiger partial charge < -0.3 is 14.5 Å². The van der Waals surface area contributed by atoms with Crippen LogP contribution in [0.3, 0.4) is 0 Å². The molecule has 1 aromatic rings. The first-order chi connectivity index (χ1) is 10.7. The molecule has 2 aliphatic heterocycles. The second kappa shape index (κ2) is 6.28. The summed E-state index contributed by atoms with van der Waals surface area (Å²) in [4.78, 5) is 16.2. The lowest BCUT2D eigenvalue weighted by molar-refractivity contribution is 0.0861. The molecule has 3 rings (SSSR count). The lowest BCUT2D eigenvalue weighted by atomic mass is 10.0. The number of nitrogens with zero attached hydrogens (tertiary/aromatic N) is 3. The van der Waals surface area contributed by atoms with E-state index in [9.17, 15) is 4.79 Å². The van der Waals surface area contributed by atoms with E-state index in [1.54, 1.807) is 0 Å². The van der Waals surface area contributed by atoms with Crippen LogP contribution in [0.2, 0.25) is 0 Å². The van der Waals surface area contributed by atoms with E-state index in [-0.39, 0.29) is 17.7 Å². The summed E-state index contributed by atoms with van der Waals surface area (Å²) in [5, 5.41) is 10.9. The highest BCUT2D eigenvalue weighted by Gasteiger charge is 2.38. The molecule has 7 heteroatoms. The number of amides is 1. The van der Waals surface area contributed by atoms with Gasteiger partial charge in [-0.25, -0.2) is 4.98 Å². The second-order valence-corrected chi connectivity index (χ2v) is 5.46. The van der Waals surface area contributed by atoms with E-state index in [1.165, 1.54) is 6.39 Å². The van der Waals surface area contributed by atoms with Crippen molar-refractivity contribution in [2.45, 2.75) is 43.9 Å². The van der Waals surface area contributed by atoms with Gasteiger partial charge in [-0.3, -0.25) is 4.79 Å². The molecule has 116 valence electrons. The van der Waals surface area contributed by atoms with E-state index in [0.717, 1.165) is 19.3 Å². The van der Waals surface area contributed by atoms with Gasteiger partial charge in [0.05, 0.1) is 0 Å². The summed E-state index contributed by atoms with van der Waals surface area (Å²) < 4.78 is 10.9. The van der Waals surface area contributed by atoms with E-state index >= 15 is 0 Å². The fourth-order valence-corrected chi connectivity index (χ4v) is 2.57. The number of carbonyl (C=O) groups excluding carboxylic acids is 1. The molecule has 1 amide bonds. The number of ether oxygens (including phenoxy) is 1. The van der Waals surface area contributed by atoms with Gasteiger partial charge in [0, 0.05) is 32.4 Å². The maximum absolute atomic E-state index is 12.2. The van der Waals surface area contributed by atoms with Gasteiger partial charge in [-0.15, -0.1) is 12.3 Å². The summed E-state index contributed by atoms with van der Waals surface area (Å²) in [7, 11) is 0. The number of aromatic nitrogens is 1. The van der Waals surface area contributed by atoms with E-state index in [2.05, 4.69) is 26.4 Å². The van der Waals surface area contributed by atoms with Gasteiger partial charge in [-0.2, -0.15) is 10.2 Å². The third-order valence-corrected chi connectivity index (χ3v) is 3.90. The van der Waals surface area contributed by atoms with Crippen LogP contribution in [0.15, 0.2) is 21.0 Å². The van der Waals surface area contributed by atoms with E-state index < -0.39 is 0 Å². The molecule has 0 bridgehead atoms. The molecule has 0 aromatic carbocycles. The van der Waals surface area contributed by atoms with Crippen LogP contribution in [-0.2, 0) is 4.74 Å². The first-order valence-electron chi connectivity index (χ1n) is 7.45. The molecule has 1 saturated heterocycles. The van der Waals surface area contributed by atoms with Crippen LogP contribution >= 0.6 is 0 Å². The van der Waals surface area contributed by atoms with E-state index in [1.807, 2.05) is 0 Å². The number of hydrogen-bond acceptors (Lipinski definition) is 6. The average Bonchev–Trinajstić information content (AvgIpc) is 2.97. The molecule has 1 N–H and O–H groups in total. The summed E-state index contributed by atoms with van der Waals surface area (Å²) in [6, 6.07) is 0. The first kappa shape index (κ1) is 14.7. The number of nitrogens with one attached hydrogen (secondary N) is 1. The minimum atomic E-state index is -0.388. The van der Waals surface area contributed by atoms with Gasteiger partial charge in [-0.05, 0) is 12.8 Å². The first-order valence-corrected chi connectivity index (χ1v) is 7.45. The van der Waals surface area contributed by atoms with Crippen LogP contribution in [0.1, 0.15) is 54.5 Å². The smallest absolute Gasteiger partial charge is 0.273 e. The standard InChI is InChI=1S/C15H18N4O3/c1-2-3-6-15(18-19-15)7-8-16-14(20)12-13(22-10-17-12)11-5-4-9-21-11/h1,10-11H,3-9H2,(H,16,20). The zero-order chi connectivity index (χ0) is 15.4. The lowest BCUT2D eigenvalue weighted by Crippen LogP contribution is -2.29. The summed E-state index contributed by atoms with van der Waals surface area (Å²) in [6.45, 7) is 1.15. The van der Waals surface area contributed by atoms with Crippen LogP contribution in [0.5, 0.6) is 0 Å². The Morgan fingerprint density at radius 3 is 3.05 bits per heavy atom. The molecule has 0 spiro atoms. The maximum Gasteiger partial charge on any atom is 0.273 e. The zero-order valence-electron chi connectivity index (χ0n) is 12.2. The largest absolute Gasteiger partial charge is 0.445 e. The van der Waals surface area contributed by atoms with Crippen molar-refractivity contribution in [3.8, 4) is 12.3 Å². The quantitative estimate of drug-likeness (QED) is 0.782. The highest BCUT2D eigenvalue weighted by atomic mass is 16.5. The number of terminal acetylenes is 1. The topological polar surface area (TPSA) is 89.1 Å². The van der Waals surface area contributed by atoms with Crippen LogP contribution in [-0.4, -0.2) is 29.7 Å². The summed E-state index contributed by atoms with van der Waals surface area (Å²) >= 11 is 0. The molecule has 1 fully saturated rings. The van der Waals surface area contributed by atoms with Gasteiger partial charge >= 0.3 is 0 Å². The Morgan fingerprint density at radius 2 is 2.36 bits per heavy atom. The third-order valence-electron chi connectivity index (χ3n) is 3.90. The minimum Gasteiger partial charge on any atom is -0.445 e. The number of hydrogen-bond donors (Lipinski definition) is 1. The summed E-state index contributed by atoms with van der Waals surface area (Å²) in [5.41, 5.74) is -0.0878. The maximum atomic E-state index is 12.2. The summed E-state index contributed by atoms with van der Waals surface area (Å²) in [5.74, 6) is 2.83. The van der Waals surface area contributed by atoms with Crippen molar-refractivity contribution in [2.75, 3.05) is 13.2 Å². The van der Waals surface area contributed by atoms with E-state index in [4.69, 9.17) is 15.6 Å². The number of oxazole rings is 1. The average molecular weight is 302 g/mol. The monoisotopic (exact) mass is 302 g/mol. The van der Waals surface area contributed by atoms with Crippen molar-refractivity contribution in [1.82, 2.24) is 10.3 Å². The van der Waals surface area contributed by atoms with Gasteiger partial charge in [-0.1, -0.05) is 0 Å². The number of carbonyl (C=O) groups is 1. The molecule has 22 heavy (non-hydrogen) atoms. The van der Waals surface area contributed by atoms with Crippen molar-refractivity contribution in [3.63, 3.8) is 0 Å². The normalized spacial score (nSPS) is 21.5. The van der Waals surface area contributed by atoms with E-state index in [0.29, 0.717) is 37.4 Å². The molecule has 7 nitrogen and oxygen atoms in total.